The number of para-hydroxylation sites is 2. The van der Waals surface area contributed by atoms with E-state index < -0.39 is 6.03 Å². The van der Waals surface area contributed by atoms with Crippen molar-refractivity contribution >= 4 is 57.8 Å². The zero-order valence-corrected chi connectivity index (χ0v) is 17.6. The summed E-state index contributed by atoms with van der Waals surface area (Å²) in [5.41, 5.74) is 3.76. The third-order valence-corrected chi connectivity index (χ3v) is 5.13. The lowest BCUT2D eigenvalue weighted by molar-refractivity contribution is 0.256. The molecule has 3 aromatic rings. The molecule has 5 nitrogen and oxygen atoms in total. The van der Waals surface area contributed by atoms with Crippen LogP contribution in [0.25, 0.3) is 0 Å². The monoisotopic (exact) mass is 436 g/mol. The maximum Gasteiger partial charge on any atom is 0.324 e. The number of halogens is 2. The molecule has 1 atom stereocenters. The summed E-state index contributed by atoms with van der Waals surface area (Å²) < 4.78 is 0. The molecular weight excluding hydrogens is 419 g/mol. The Labute approximate surface area is 184 Å². The van der Waals surface area contributed by atoms with Crippen molar-refractivity contribution in [3.8, 4) is 0 Å². The predicted octanol–water partition coefficient (Wildman–Crippen LogP) is 6.73. The van der Waals surface area contributed by atoms with Crippen molar-refractivity contribution in [1.82, 2.24) is 5.32 Å². The number of fused-ring (bicyclic) bond motifs is 1. The second kappa shape index (κ2) is 8.69. The molecule has 1 aliphatic heterocycles. The summed E-state index contributed by atoms with van der Waals surface area (Å²) in [7, 11) is 0. The summed E-state index contributed by atoms with van der Waals surface area (Å²) in [5, 5.41) is 6.87. The predicted molar refractivity (Wildman–Crippen MR) is 124 cm³/mol. The highest BCUT2D eigenvalue weighted by molar-refractivity contribution is 6.31. The highest BCUT2D eigenvalue weighted by Gasteiger charge is 2.26. The second-order valence-electron chi connectivity index (χ2n) is 6.81. The lowest BCUT2D eigenvalue weighted by Gasteiger charge is -2.20. The van der Waals surface area contributed by atoms with Crippen molar-refractivity contribution in [1.29, 1.82) is 0 Å². The molecule has 0 saturated heterocycles. The first kappa shape index (κ1) is 20.1. The second-order valence-corrected chi connectivity index (χ2v) is 7.69. The van der Waals surface area contributed by atoms with Crippen LogP contribution in [0.4, 0.5) is 21.9 Å². The SMILES string of the molecule is CC1=Nc2ccccc2N=C(NC(=O)Nc2cccc(Cl)c2)[C@H]1c1ccc(Cl)cc1. The molecule has 0 spiro atoms. The van der Waals surface area contributed by atoms with Crippen LogP contribution in [0, 0.1) is 0 Å². The van der Waals surface area contributed by atoms with Crippen molar-refractivity contribution in [3.63, 3.8) is 0 Å². The maximum atomic E-state index is 12.7. The minimum Gasteiger partial charge on any atom is -0.308 e. The number of carbonyl (C=O) groups is 1. The Kier molecular flexibility index (Phi) is 5.84. The maximum absolute atomic E-state index is 12.7. The molecule has 0 radical (unpaired) electrons. The van der Waals surface area contributed by atoms with Crippen molar-refractivity contribution < 1.29 is 4.79 Å². The Morgan fingerprint density at radius 1 is 0.833 bits per heavy atom. The van der Waals surface area contributed by atoms with Crippen LogP contribution in [-0.2, 0) is 0 Å². The fourth-order valence-corrected chi connectivity index (χ4v) is 3.62. The molecule has 4 rings (SSSR count). The molecule has 0 aromatic heterocycles. The standard InChI is InChI=1S/C23H18Cl2N4O/c1-14-21(15-9-11-16(24)12-10-15)22(28-20-8-3-2-7-19(20)26-14)29-23(30)27-18-6-4-5-17(25)13-18/h2-13,21H,1H3,(H2,27,28,29,30)/t21-/m1/s1. The quantitative estimate of drug-likeness (QED) is 0.458. The Morgan fingerprint density at radius 3 is 2.23 bits per heavy atom. The van der Waals surface area contributed by atoms with Crippen LogP contribution >= 0.6 is 23.2 Å². The molecule has 150 valence electrons. The zero-order valence-electron chi connectivity index (χ0n) is 16.1. The molecule has 2 N–H and O–H groups in total. The van der Waals surface area contributed by atoms with Gasteiger partial charge in [-0.05, 0) is 55.0 Å². The molecule has 1 heterocycles. The van der Waals surface area contributed by atoms with Gasteiger partial charge in [-0.15, -0.1) is 0 Å². The van der Waals surface area contributed by atoms with Crippen LogP contribution in [0.3, 0.4) is 0 Å². The summed E-state index contributed by atoms with van der Waals surface area (Å²) in [6, 6.07) is 21.5. The van der Waals surface area contributed by atoms with E-state index in [1.165, 1.54) is 0 Å². The Morgan fingerprint density at radius 2 is 1.53 bits per heavy atom. The lowest BCUT2D eigenvalue weighted by atomic mass is 9.93. The van der Waals surface area contributed by atoms with Gasteiger partial charge in [-0.2, -0.15) is 0 Å². The first-order valence-corrected chi connectivity index (χ1v) is 10.1. The summed E-state index contributed by atoms with van der Waals surface area (Å²) in [5.74, 6) is 0.142. The van der Waals surface area contributed by atoms with E-state index in [4.69, 9.17) is 33.2 Å². The third kappa shape index (κ3) is 4.53. The number of nitrogens with one attached hydrogen (secondary N) is 2. The number of hydrogen-bond donors (Lipinski definition) is 2. The summed E-state index contributed by atoms with van der Waals surface area (Å²) in [6.45, 7) is 1.92. The third-order valence-electron chi connectivity index (χ3n) is 4.64. The van der Waals surface area contributed by atoms with Crippen LogP contribution in [-0.4, -0.2) is 17.6 Å². The Balaban J connectivity index is 1.70. The minimum atomic E-state index is -0.415. The van der Waals surface area contributed by atoms with Gasteiger partial charge >= 0.3 is 6.03 Å². The first-order valence-electron chi connectivity index (χ1n) is 9.31. The van der Waals surface area contributed by atoms with Gasteiger partial charge in [0.2, 0.25) is 0 Å². The summed E-state index contributed by atoms with van der Waals surface area (Å²) >= 11 is 12.1. The fourth-order valence-electron chi connectivity index (χ4n) is 3.30. The molecular formula is C23H18Cl2N4O. The number of amides is 2. The Hall–Kier alpha value is -3.15. The molecule has 30 heavy (non-hydrogen) atoms. The van der Waals surface area contributed by atoms with Gasteiger partial charge in [-0.3, -0.25) is 10.3 Å². The van der Waals surface area contributed by atoms with E-state index in [0.29, 0.717) is 27.3 Å². The fraction of sp³-hybridized carbons (Fsp3) is 0.0870. The summed E-state index contributed by atoms with van der Waals surface area (Å²) in [6.07, 6.45) is 0. The average molecular weight is 437 g/mol. The normalized spacial score (nSPS) is 15.4. The number of benzene rings is 3. The molecule has 3 aromatic carbocycles. The number of amidine groups is 1. The average Bonchev–Trinajstić information content (AvgIpc) is 2.84. The largest absolute Gasteiger partial charge is 0.324 e. The van der Waals surface area contributed by atoms with Crippen molar-refractivity contribution in [3.05, 3.63) is 88.4 Å². The number of urea groups is 1. The van der Waals surface area contributed by atoms with Crippen LogP contribution in [0.1, 0.15) is 18.4 Å². The van der Waals surface area contributed by atoms with Crippen LogP contribution in [0.2, 0.25) is 10.0 Å². The zero-order chi connectivity index (χ0) is 21.1. The number of hydrogen-bond acceptors (Lipinski definition) is 3. The lowest BCUT2D eigenvalue weighted by Crippen LogP contribution is -2.39. The van der Waals surface area contributed by atoms with Crippen LogP contribution < -0.4 is 10.6 Å². The van der Waals surface area contributed by atoms with Gasteiger partial charge < -0.3 is 5.32 Å². The molecule has 0 unspecified atom stereocenters. The van der Waals surface area contributed by atoms with Gasteiger partial charge in [-0.25, -0.2) is 9.79 Å². The van der Waals surface area contributed by atoms with Crippen molar-refractivity contribution in [2.45, 2.75) is 12.8 Å². The highest BCUT2D eigenvalue weighted by Crippen LogP contribution is 2.34. The van der Waals surface area contributed by atoms with E-state index in [1.807, 2.05) is 55.5 Å². The highest BCUT2D eigenvalue weighted by atomic mass is 35.5. The van der Waals surface area contributed by atoms with Gasteiger partial charge in [0.05, 0.1) is 17.3 Å². The van der Waals surface area contributed by atoms with E-state index in [9.17, 15) is 4.79 Å². The Bertz CT molecular complexity index is 1160. The minimum absolute atomic E-state index is 0.334. The number of carbonyl (C=O) groups excluding carboxylic acids is 1. The van der Waals surface area contributed by atoms with E-state index in [1.54, 1.807) is 24.3 Å². The molecule has 0 fully saturated rings. The van der Waals surface area contributed by atoms with Gasteiger partial charge in [0.25, 0.3) is 0 Å². The van der Waals surface area contributed by atoms with Crippen molar-refractivity contribution in [2.24, 2.45) is 9.98 Å². The molecule has 1 aliphatic rings. The number of aliphatic imine (C=N–C) groups is 2. The van der Waals surface area contributed by atoms with E-state index in [2.05, 4.69) is 10.6 Å². The van der Waals surface area contributed by atoms with Crippen molar-refractivity contribution in [2.75, 3.05) is 5.32 Å². The van der Waals surface area contributed by atoms with Gasteiger partial charge in [0.15, 0.2) is 0 Å². The molecule has 2 amide bonds. The van der Waals surface area contributed by atoms with Crippen LogP contribution in [0.15, 0.2) is 82.8 Å². The number of anilines is 1. The topological polar surface area (TPSA) is 65.8 Å². The summed E-state index contributed by atoms with van der Waals surface area (Å²) in [4.78, 5) is 22.2. The molecule has 0 bridgehead atoms. The smallest absolute Gasteiger partial charge is 0.308 e. The molecule has 7 heteroatoms. The number of nitrogens with zero attached hydrogens (tertiary/aromatic N) is 2. The van der Waals surface area contributed by atoms with E-state index in [-0.39, 0.29) is 5.92 Å². The number of rotatable bonds is 2. The molecule has 0 saturated carbocycles. The van der Waals surface area contributed by atoms with E-state index in [0.717, 1.165) is 17.0 Å². The van der Waals surface area contributed by atoms with Gasteiger partial charge in [0.1, 0.15) is 5.84 Å². The van der Waals surface area contributed by atoms with Gasteiger partial charge in [-0.1, -0.05) is 53.5 Å². The molecule has 0 aliphatic carbocycles. The van der Waals surface area contributed by atoms with E-state index >= 15 is 0 Å². The first-order chi connectivity index (χ1) is 14.5. The van der Waals surface area contributed by atoms with Gasteiger partial charge in [0, 0.05) is 21.4 Å². The van der Waals surface area contributed by atoms with Crippen LogP contribution in [0.5, 0.6) is 0 Å².